The van der Waals surface area contributed by atoms with Crippen molar-refractivity contribution in [2.24, 2.45) is 4.99 Å². The van der Waals surface area contributed by atoms with Gasteiger partial charge in [0.1, 0.15) is 5.75 Å². The molecule has 0 amide bonds. The van der Waals surface area contributed by atoms with Gasteiger partial charge in [0.15, 0.2) is 10.9 Å². The molecule has 0 aliphatic heterocycles. The Morgan fingerprint density at radius 2 is 2.17 bits per heavy atom. The molecule has 0 aliphatic rings. The Morgan fingerprint density at radius 1 is 1.33 bits per heavy atom. The first-order valence-electron chi connectivity index (χ1n) is 7.27. The molecule has 0 spiro atoms. The molecule has 2 aromatic heterocycles. The molecule has 0 aliphatic carbocycles. The number of aliphatic imine (C=N–C) groups is 1. The average molecular weight is 457 g/mol. The number of guanidine groups is 1. The van der Waals surface area contributed by atoms with Gasteiger partial charge >= 0.3 is 0 Å². The lowest BCUT2D eigenvalue weighted by Gasteiger charge is -2.11. The third-order valence-corrected chi connectivity index (χ3v) is 4.17. The molecule has 128 valence electrons. The summed E-state index contributed by atoms with van der Waals surface area (Å²) >= 11 is 1.63. The number of halogens is 1. The molecule has 6 nitrogen and oxygen atoms in total. The highest BCUT2D eigenvalue weighted by Gasteiger charge is 2.04. The minimum atomic E-state index is 0. The number of hydrogen-bond donors (Lipinski definition) is 2. The zero-order chi connectivity index (χ0) is 16.1. The molecule has 3 aromatic rings. The normalized spacial score (nSPS) is 11.2. The monoisotopic (exact) mass is 457 g/mol. The van der Waals surface area contributed by atoms with E-state index in [1.807, 2.05) is 46.4 Å². The van der Waals surface area contributed by atoms with Crippen molar-refractivity contribution in [3.63, 3.8) is 0 Å². The van der Waals surface area contributed by atoms with Gasteiger partial charge < -0.3 is 15.4 Å². The van der Waals surface area contributed by atoms with E-state index in [1.54, 1.807) is 25.5 Å². The summed E-state index contributed by atoms with van der Waals surface area (Å²) in [6.45, 7) is 1.31. The van der Waals surface area contributed by atoms with Crippen molar-refractivity contribution in [1.82, 2.24) is 20.0 Å². The van der Waals surface area contributed by atoms with Gasteiger partial charge in [0, 0.05) is 31.4 Å². The number of ether oxygens (including phenoxy) is 1. The van der Waals surface area contributed by atoms with Crippen molar-refractivity contribution >= 4 is 46.2 Å². The summed E-state index contributed by atoms with van der Waals surface area (Å²) in [7, 11) is 3.43. The molecule has 0 saturated heterocycles. The lowest BCUT2D eigenvalue weighted by molar-refractivity contribution is 0.414. The molecular formula is C16H20IN5OS. The van der Waals surface area contributed by atoms with Crippen LogP contribution in [-0.4, -0.2) is 29.5 Å². The van der Waals surface area contributed by atoms with Crippen LogP contribution in [0.25, 0.3) is 4.96 Å². The van der Waals surface area contributed by atoms with Gasteiger partial charge in [0.25, 0.3) is 0 Å². The second kappa shape index (κ2) is 8.88. The Morgan fingerprint density at radius 3 is 2.92 bits per heavy atom. The van der Waals surface area contributed by atoms with Crippen LogP contribution >= 0.6 is 35.3 Å². The number of thiazole rings is 1. The average Bonchev–Trinajstić information content (AvgIpc) is 3.16. The van der Waals surface area contributed by atoms with Gasteiger partial charge in [0.2, 0.25) is 0 Å². The Labute approximate surface area is 162 Å². The fourth-order valence-electron chi connectivity index (χ4n) is 2.22. The summed E-state index contributed by atoms with van der Waals surface area (Å²) in [5.74, 6) is 1.59. The van der Waals surface area contributed by atoms with Crippen LogP contribution in [0.4, 0.5) is 0 Å². The zero-order valence-corrected chi connectivity index (χ0v) is 16.7. The second-order valence-corrected chi connectivity index (χ2v) is 5.83. The molecular weight excluding hydrogens is 437 g/mol. The molecule has 0 atom stereocenters. The van der Waals surface area contributed by atoms with Crippen molar-refractivity contribution in [1.29, 1.82) is 0 Å². The van der Waals surface area contributed by atoms with E-state index in [9.17, 15) is 0 Å². The molecule has 0 bridgehead atoms. The molecule has 0 radical (unpaired) electrons. The summed E-state index contributed by atoms with van der Waals surface area (Å²) in [6, 6.07) is 7.96. The Hall–Kier alpha value is -1.81. The van der Waals surface area contributed by atoms with Crippen LogP contribution in [0, 0.1) is 0 Å². The zero-order valence-electron chi connectivity index (χ0n) is 13.5. The lowest BCUT2D eigenvalue weighted by atomic mass is 10.2. The van der Waals surface area contributed by atoms with Gasteiger partial charge in [-0.3, -0.25) is 9.39 Å². The van der Waals surface area contributed by atoms with Crippen molar-refractivity contribution in [3.8, 4) is 5.75 Å². The lowest BCUT2D eigenvalue weighted by Crippen LogP contribution is -2.36. The maximum absolute atomic E-state index is 5.23. The van der Waals surface area contributed by atoms with Crippen LogP contribution in [0.15, 0.2) is 47.0 Å². The predicted octanol–water partition coefficient (Wildman–Crippen LogP) is 2.89. The molecule has 0 saturated carbocycles. The highest BCUT2D eigenvalue weighted by atomic mass is 127. The number of benzene rings is 1. The highest BCUT2D eigenvalue weighted by Crippen LogP contribution is 2.12. The number of nitrogens with zero attached hydrogens (tertiary/aromatic N) is 3. The summed E-state index contributed by atoms with van der Waals surface area (Å²) in [4.78, 5) is 9.77. The fourth-order valence-corrected chi connectivity index (χ4v) is 2.94. The van der Waals surface area contributed by atoms with Crippen molar-refractivity contribution < 1.29 is 4.74 Å². The van der Waals surface area contributed by atoms with E-state index in [4.69, 9.17) is 4.74 Å². The topological polar surface area (TPSA) is 63.0 Å². The molecule has 24 heavy (non-hydrogen) atoms. The molecule has 0 fully saturated rings. The van der Waals surface area contributed by atoms with Gasteiger partial charge in [-0.25, -0.2) is 4.98 Å². The van der Waals surface area contributed by atoms with Crippen LogP contribution in [0.5, 0.6) is 5.75 Å². The minimum Gasteiger partial charge on any atom is -0.497 e. The maximum atomic E-state index is 5.23. The number of aromatic nitrogens is 2. The molecule has 1 aromatic carbocycles. The number of methoxy groups -OCH3 is 1. The van der Waals surface area contributed by atoms with E-state index in [0.29, 0.717) is 13.1 Å². The van der Waals surface area contributed by atoms with Crippen molar-refractivity contribution in [3.05, 3.63) is 53.3 Å². The predicted molar refractivity (Wildman–Crippen MR) is 109 cm³/mol. The number of hydrogen-bond acceptors (Lipinski definition) is 4. The number of imidazole rings is 1. The van der Waals surface area contributed by atoms with Crippen LogP contribution in [0.1, 0.15) is 11.3 Å². The van der Waals surface area contributed by atoms with E-state index in [0.717, 1.165) is 27.9 Å². The molecule has 0 unspecified atom stereocenters. The molecule has 8 heteroatoms. The van der Waals surface area contributed by atoms with Crippen LogP contribution in [0.3, 0.4) is 0 Å². The first kappa shape index (κ1) is 18.5. The Balaban J connectivity index is 0.00000208. The number of fused-ring (bicyclic) bond motifs is 1. The quantitative estimate of drug-likeness (QED) is 0.352. The van der Waals surface area contributed by atoms with E-state index < -0.39 is 0 Å². The maximum Gasteiger partial charge on any atom is 0.193 e. The van der Waals surface area contributed by atoms with E-state index in [2.05, 4.69) is 20.6 Å². The summed E-state index contributed by atoms with van der Waals surface area (Å²) < 4.78 is 7.25. The highest BCUT2D eigenvalue weighted by molar-refractivity contribution is 14.0. The summed E-state index contributed by atoms with van der Waals surface area (Å²) in [5.41, 5.74) is 2.12. The van der Waals surface area contributed by atoms with Gasteiger partial charge in [-0.2, -0.15) is 0 Å². The Bertz CT molecular complexity index is 785. The number of rotatable bonds is 5. The van der Waals surface area contributed by atoms with Crippen LogP contribution < -0.4 is 15.4 Å². The third kappa shape index (κ3) is 4.60. The third-order valence-electron chi connectivity index (χ3n) is 3.40. The second-order valence-electron chi connectivity index (χ2n) is 4.96. The minimum absolute atomic E-state index is 0. The number of nitrogens with one attached hydrogen (secondary N) is 2. The SMILES string of the molecule is CN=C(NCc1cccc(OC)c1)NCc1cn2ccsc2n1.I. The molecule has 2 N–H and O–H groups in total. The van der Waals surface area contributed by atoms with E-state index in [1.165, 1.54) is 0 Å². The van der Waals surface area contributed by atoms with Gasteiger partial charge in [-0.05, 0) is 17.7 Å². The first-order valence-corrected chi connectivity index (χ1v) is 8.15. The van der Waals surface area contributed by atoms with Gasteiger partial charge in [-0.15, -0.1) is 35.3 Å². The van der Waals surface area contributed by atoms with Gasteiger partial charge in [0.05, 0.1) is 19.3 Å². The first-order chi connectivity index (χ1) is 11.3. The van der Waals surface area contributed by atoms with Crippen LogP contribution in [0.2, 0.25) is 0 Å². The standard InChI is InChI=1S/C16H19N5OS.HI/c1-17-15(18-9-12-4-3-5-14(8-12)22-2)19-10-13-11-21-6-7-23-16(21)20-13;/h3-8,11H,9-10H2,1-2H3,(H2,17,18,19);1H. The van der Waals surface area contributed by atoms with Crippen molar-refractivity contribution in [2.45, 2.75) is 13.1 Å². The smallest absolute Gasteiger partial charge is 0.193 e. The van der Waals surface area contributed by atoms with E-state index >= 15 is 0 Å². The summed E-state index contributed by atoms with van der Waals surface area (Å²) in [6.07, 6.45) is 4.03. The largest absolute Gasteiger partial charge is 0.497 e. The fraction of sp³-hybridized carbons (Fsp3) is 0.250. The Kier molecular flexibility index (Phi) is 6.85. The molecule has 3 rings (SSSR count). The molecule has 2 heterocycles. The van der Waals surface area contributed by atoms with Crippen LogP contribution in [-0.2, 0) is 13.1 Å². The van der Waals surface area contributed by atoms with Crippen molar-refractivity contribution in [2.75, 3.05) is 14.2 Å². The van der Waals surface area contributed by atoms with Gasteiger partial charge in [-0.1, -0.05) is 12.1 Å². The van der Waals surface area contributed by atoms with E-state index in [-0.39, 0.29) is 24.0 Å². The summed E-state index contributed by atoms with van der Waals surface area (Å²) in [5, 5.41) is 8.58.